The van der Waals surface area contributed by atoms with Crippen molar-refractivity contribution in [1.29, 1.82) is 0 Å². The lowest BCUT2D eigenvalue weighted by Gasteiger charge is -2.23. The summed E-state index contributed by atoms with van der Waals surface area (Å²) in [5.74, 6) is 0.730. The Morgan fingerprint density at radius 1 is 0.418 bits per heavy atom. The summed E-state index contributed by atoms with van der Waals surface area (Å²) in [5.41, 5.74) is 2.54. The predicted octanol–water partition coefficient (Wildman–Crippen LogP) is 15.1. The molecule has 14 nitrogen and oxygen atoms in total. The molecule has 0 saturated carbocycles. The maximum absolute atomic E-state index is 12.8. The van der Waals surface area contributed by atoms with Crippen molar-refractivity contribution in [2.75, 3.05) is 26.4 Å². The Balaban J connectivity index is 0.000000422. The molecule has 0 radical (unpaired) electrons. The molecule has 4 aromatic carbocycles. The van der Waals surface area contributed by atoms with E-state index >= 15 is 0 Å². The second-order valence-corrected chi connectivity index (χ2v) is 21.6. The van der Waals surface area contributed by atoms with Gasteiger partial charge in [0.15, 0.2) is 0 Å². The van der Waals surface area contributed by atoms with Crippen molar-refractivity contribution in [2.45, 2.75) is 176 Å². The van der Waals surface area contributed by atoms with Gasteiger partial charge in [-0.25, -0.2) is 19.2 Å². The first-order valence-electron chi connectivity index (χ1n) is 27.7. The SMILES string of the molecule is C=C(C)C(=O)OCCCCCCOc1ccc(C(=O)Oc2ccc(OC(=O)CCCCCCCC)c(C(C)(C)C)c2)cc1.C=C(C)C(=O)OCCCCCCOc1ccc(C(=O)Oc2ccc(OC(C)=O)c(C(C)(C)C)c2)cc1. The van der Waals surface area contributed by atoms with Crippen molar-refractivity contribution < 1.29 is 66.7 Å². The molecule has 14 heteroatoms. The summed E-state index contributed by atoms with van der Waals surface area (Å²) in [4.78, 5) is 72.0. The van der Waals surface area contributed by atoms with Crippen molar-refractivity contribution in [3.05, 3.63) is 131 Å². The van der Waals surface area contributed by atoms with Gasteiger partial charge in [-0.2, -0.15) is 0 Å². The van der Waals surface area contributed by atoms with E-state index in [1.807, 2.05) is 41.5 Å². The molecular weight excluding hydrogens is 1000 g/mol. The van der Waals surface area contributed by atoms with E-state index in [2.05, 4.69) is 20.1 Å². The Morgan fingerprint density at radius 2 is 0.772 bits per heavy atom. The zero-order chi connectivity index (χ0) is 58.4. The van der Waals surface area contributed by atoms with Crippen LogP contribution in [0.1, 0.15) is 197 Å². The molecule has 0 fully saturated rings. The molecule has 4 rings (SSSR count). The first kappa shape index (κ1) is 66.1. The number of ether oxygens (including phenoxy) is 8. The first-order chi connectivity index (χ1) is 37.5. The van der Waals surface area contributed by atoms with Crippen LogP contribution in [-0.4, -0.2) is 62.2 Å². The highest BCUT2D eigenvalue weighted by molar-refractivity contribution is 5.92. The predicted molar refractivity (Wildman–Crippen MR) is 307 cm³/mol. The number of unbranched alkanes of at least 4 members (excludes halogenated alkanes) is 11. The van der Waals surface area contributed by atoms with E-state index in [0.717, 1.165) is 81.8 Å². The monoisotopic (exact) mass is 1090 g/mol. The average molecular weight is 1090 g/mol. The fourth-order valence-corrected chi connectivity index (χ4v) is 7.65. The first-order valence-corrected chi connectivity index (χ1v) is 27.7. The number of hydrogen-bond donors (Lipinski definition) is 0. The Bertz CT molecular complexity index is 2600. The van der Waals surface area contributed by atoms with Crippen LogP contribution in [-0.2, 0) is 39.5 Å². The lowest BCUT2D eigenvalue weighted by Crippen LogP contribution is -2.17. The van der Waals surface area contributed by atoms with Gasteiger partial charge in [0, 0.05) is 35.6 Å². The number of esters is 6. The molecule has 0 bridgehead atoms. The minimum atomic E-state index is -0.492. The van der Waals surface area contributed by atoms with Crippen LogP contribution in [0.2, 0.25) is 0 Å². The molecule has 0 aromatic heterocycles. The van der Waals surface area contributed by atoms with Crippen LogP contribution >= 0.6 is 0 Å². The summed E-state index contributed by atoms with van der Waals surface area (Å²) in [7, 11) is 0. The summed E-state index contributed by atoms with van der Waals surface area (Å²) in [6.07, 6.45) is 14.2. The van der Waals surface area contributed by atoms with Crippen molar-refractivity contribution in [3.8, 4) is 34.5 Å². The van der Waals surface area contributed by atoms with Gasteiger partial charge in [-0.1, -0.05) is 93.7 Å². The van der Waals surface area contributed by atoms with Crippen LogP contribution in [0.3, 0.4) is 0 Å². The zero-order valence-corrected chi connectivity index (χ0v) is 48.6. The van der Waals surface area contributed by atoms with Crippen LogP contribution in [0, 0.1) is 0 Å². The van der Waals surface area contributed by atoms with Gasteiger partial charge in [-0.05, 0) is 167 Å². The highest BCUT2D eigenvalue weighted by Gasteiger charge is 2.24. The molecule has 0 amide bonds. The third-order valence-electron chi connectivity index (χ3n) is 12.1. The Morgan fingerprint density at radius 3 is 1.15 bits per heavy atom. The van der Waals surface area contributed by atoms with Gasteiger partial charge in [-0.3, -0.25) is 9.59 Å². The minimum Gasteiger partial charge on any atom is -0.494 e. The van der Waals surface area contributed by atoms with Gasteiger partial charge >= 0.3 is 35.8 Å². The molecule has 0 aliphatic rings. The highest BCUT2D eigenvalue weighted by Crippen LogP contribution is 2.36. The second kappa shape index (κ2) is 34.6. The maximum Gasteiger partial charge on any atom is 0.343 e. The van der Waals surface area contributed by atoms with Gasteiger partial charge in [0.05, 0.1) is 37.6 Å². The lowest BCUT2D eigenvalue weighted by atomic mass is 9.86. The van der Waals surface area contributed by atoms with Gasteiger partial charge in [0.1, 0.15) is 34.5 Å². The second-order valence-electron chi connectivity index (χ2n) is 21.6. The van der Waals surface area contributed by atoms with Gasteiger partial charge in [0.2, 0.25) is 0 Å². The smallest absolute Gasteiger partial charge is 0.343 e. The summed E-state index contributed by atoms with van der Waals surface area (Å²) in [6, 6.07) is 23.7. The molecule has 4 aromatic rings. The average Bonchev–Trinajstić information content (AvgIpc) is 3.41. The number of carbonyl (C=O) groups excluding carboxylic acids is 6. The van der Waals surface area contributed by atoms with Crippen LogP contribution in [0.5, 0.6) is 34.5 Å². The summed E-state index contributed by atoms with van der Waals surface area (Å²) >= 11 is 0. The van der Waals surface area contributed by atoms with Crippen LogP contribution in [0.25, 0.3) is 0 Å². The molecule has 79 heavy (non-hydrogen) atoms. The molecular formula is C65H86O14. The largest absolute Gasteiger partial charge is 0.494 e. The fraction of sp³-hybridized carbons (Fsp3) is 0.477. The van der Waals surface area contributed by atoms with Crippen molar-refractivity contribution >= 4 is 35.8 Å². The molecule has 0 aliphatic carbocycles. The van der Waals surface area contributed by atoms with E-state index in [0.29, 0.717) is 89.6 Å². The minimum absolute atomic E-state index is 0.241. The van der Waals surface area contributed by atoms with Crippen molar-refractivity contribution in [3.63, 3.8) is 0 Å². The fourth-order valence-electron chi connectivity index (χ4n) is 7.65. The van der Waals surface area contributed by atoms with Crippen LogP contribution in [0.4, 0.5) is 0 Å². The molecule has 0 N–H and O–H groups in total. The molecule has 430 valence electrons. The van der Waals surface area contributed by atoms with E-state index < -0.39 is 17.9 Å². The van der Waals surface area contributed by atoms with Gasteiger partial charge < -0.3 is 37.9 Å². The number of benzene rings is 4. The van der Waals surface area contributed by atoms with Crippen molar-refractivity contribution in [2.24, 2.45) is 0 Å². The standard InChI is InChI=1S/C36H50O7.C29H36O7/c1-7-8-9-10-11-14-17-33(37)43-32-23-22-30(26-31(32)36(4,5)6)42-35(39)28-18-20-29(21-19-28)40-24-15-12-13-16-25-41-34(38)27(2)3;1-20(2)27(31)34-18-10-8-7-9-17-33-23-13-11-22(12-14-23)28(32)36-24-15-16-26(35-21(3)30)25(19-24)29(4,5)6/h18-23,26H,2,7-17,24-25H2,1,3-6H3;11-16,19H,1,7-10,17-18H2,2-6H3. The van der Waals surface area contributed by atoms with E-state index in [1.54, 1.807) is 98.8 Å². The van der Waals surface area contributed by atoms with E-state index in [1.165, 1.54) is 26.2 Å². The summed E-state index contributed by atoms with van der Waals surface area (Å²) < 4.78 is 43.9. The van der Waals surface area contributed by atoms with Crippen molar-refractivity contribution in [1.82, 2.24) is 0 Å². The van der Waals surface area contributed by atoms with E-state index in [-0.39, 0.29) is 28.7 Å². The van der Waals surface area contributed by atoms with Crippen LogP contribution in [0.15, 0.2) is 109 Å². The molecule has 0 aliphatic heterocycles. The third kappa shape index (κ3) is 26.3. The topological polar surface area (TPSA) is 176 Å². The summed E-state index contributed by atoms with van der Waals surface area (Å²) in [5, 5.41) is 0. The normalized spacial score (nSPS) is 11.0. The molecule has 0 atom stereocenters. The van der Waals surface area contributed by atoms with Crippen LogP contribution < -0.4 is 28.4 Å². The summed E-state index contributed by atoms with van der Waals surface area (Å²) in [6.45, 7) is 27.9. The quantitative estimate of drug-likeness (QED) is 0.0201. The number of rotatable bonds is 31. The van der Waals surface area contributed by atoms with Gasteiger partial charge in [0.25, 0.3) is 0 Å². The molecule has 0 saturated heterocycles. The van der Waals surface area contributed by atoms with E-state index in [9.17, 15) is 28.8 Å². The lowest BCUT2D eigenvalue weighted by molar-refractivity contribution is -0.139. The number of hydrogen-bond acceptors (Lipinski definition) is 14. The number of carbonyl (C=O) groups is 6. The molecule has 0 spiro atoms. The van der Waals surface area contributed by atoms with Gasteiger partial charge in [-0.15, -0.1) is 0 Å². The Hall–Kier alpha value is -7.22. The highest BCUT2D eigenvalue weighted by atomic mass is 16.6. The Labute approximate surface area is 469 Å². The molecule has 0 unspecified atom stereocenters. The Kier molecular flexibility index (Phi) is 28.9. The maximum atomic E-state index is 12.8. The zero-order valence-electron chi connectivity index (χ0n) is 48.6. The van der Waals surface area contributed by atoms with E-state index in [4.69, 9.17) is 37.9 Å². The molecule has 0 heterocycles. The third-order valence-corrected chi connectivity index (χ3v) is 12.1.